The lowest BCUT2D eigenvalue weighted by molar-refractivity contribution is -0.247. The number of aromatic hydroxyl groups is 2. The molecule has 0 saturated carbocycles. The molecule has 6 N–H and O–H groups in total. The maximum atomic E-state index is 13.3. The van der Waals surface area contributed by atoms with Gasteiger partial charge in [-0.05, 0) is 13.8 Å². The molecule has 37 heavy (non-hydrogen) atoms. The number of phenols is 2. The molecule has 2 aromatic rings. The molecule has 198 valence electrons. The van der Waals surface area contributed by atoms with Gasteiger partial charge < -0.3 is 48.0 Å². The van der Waals surface area contributed by atoms with Gasteiger partial charge in [0.25, 0.3) is 0 Å². The molecule has 1 fully saturated rings. The van der Waals surface area contributed by atoms with Crippen molar-refractivity contribution in [1.29, 1.82) is 0 Å². The largest absolute Gasteiger partial charge is 1.00 e. The molecule has 11 heteroatoms. The van der Waals surface area contributed by atoms with Crippen LogP contribution in [-0.4, -0.2) is 67.9 Å². The molecule has 5 unspecified atom stereocenters. The van der Waals surface area contributed by atoms with Crippen LogP contribution in [0.5, 0.6) is 11.5 Å². The van der Waals surface area contributed by atoms with E-state index in [0.29, 0.717) is 0 Å². The Morgan fingerprint density at radius 2 is 1.68 bits per heavy atom. The highest BCUT2D eigenvalue weighted by Gasteiger charge is 2.49. The molecular weight excluding hydrogens is 506 g/mol. The van der Waals surface area contributed by atoms with Crippen LogP contribution in [0.15, 0.2) is 24.3 Å². The smallest absolute Gasteiger partial charge is 0.198 e. The van der Waals surface area contributed by atoms with Crippen molar-refractivity contribution in [2.24, 2.45) is 5.73 Å². The van der Waals surface area contributed by atoms with Crippen LogP contribution in [0, 0.1) is 0 Å². The molecule has 3 aliphatic rings. The maximum absolute atomic E-state index is 13.3. The van der Waals surface area contributed by atoms with Gasteiger partial charge in [-0.1, -0.05) is 24.3 Å². The van der Waals surface area contributed by atoms with Gasteiger partial charge in [-0.25, -0.2) is 0 Å². The first-order chi connectivity index (χ1) is 16.9. The summed E-state index contributed by atoms with van der Waals surface area (Å²) in [5.74, 6) is -3.06. The fourth-order valence-corrected chi connectivity index (χ4v) is 5.42. The molecule has 6 atom stereocenters. The van der Waals surface area contributed by atoms with Gasteiger partial charge in [0, 0.05) is 47.6 Å². The van der Waals surface area contributed by atoms with E-state index in [1.165, 1.54) is 19.1 Å². The third-order valence-corrected chi connectivity index (χ3v) is 7.50. The number of aliphatic hydroxyl groups is 2. The van der Waals surface area contributed by atoms with Gasteiger partial charge in [0.15, 0.2) is 23.6 Å². The minimum absolute atomic E-state index is 0. The predicted molar refractivity (Wildman–Crippen MR) is 124 cm³/mol. The van der Waals surface area contributed by atoms with Crippen LogP contribution in [0.2, 0.25) is 0 Å². The Morgan fingerprint density at radius 3 is 2.22 bits per heavy atom. The fraction of sp³-hybridized carbons (Fsp3) is 0.423. The van der Waals surface area contributed by atoms with Gasteiger partial charge >= 0.3 is 0 Å². The van der Waals surface area contributed by atoms with Crippen molar-refractivity contribution in [3.8, 4) is 11.5 Å². The van der Waals surface area contributed by atoms with E-state index in [1.54, 1.807) is 19.1 Å². The third kappa shape index (κ3) is 4.14. The lowest BCUT2D eigenvalue weighted by Crippen LogP contribution is -3.00. The average Bonchev–Trinajstić information content (AvgIpc) is 2.82. The second kappa shape index (κ2) is 9.46. The first-order valence-corrected chi connectivity index (χ1v) is 11.7. The zero-order valence-corrected chi connectivity index (χ0v) is 20.9. The fourth-order valence-electron chi connectivity index (χ4n) is 5.42. The van der Waals surface area contributed by atoms with Crippen molar-refractivity contribution >= 4 is 17.3 Å². The zero-order chi connectivity index (χ0) is 26.1. The number of Topliss-reactive ketones (excluding diaryl/α,β-unsaturated/α-hetero) is 1. The SMILES string of the molecule is CC(=O)[C@]1(O)Cc2c(O)c3c(c(O)c2C(OC2CC(N)C(O)C(C)O2)C1)C(=O)c1ccccc1C3=O.[Cl-]. The standard InChI is InChI=1S/C26H27NO9.ClH/c1-10-21(29)15(27)7-17(35-10)36-16-9-26(34,11(2)28)8-14-18(16)25(33)20-19(24(14)32)22(30)12-5-3-4-6-13(12)23(20)31;/h3-6,10,15-17,21,29,32-34H,7-9,27H2,1-2H3;1H/p-1/t10?,15?,16?,17?,21?,26-;/m0./s1. The van der Waals surface area contributed by atoms with Crippen molar-refractivity contribution < 1.29 is 56.7 Å². The Bertz CT molecular complexity index is 1300. The summed E-state index contributed by atoms with van der Waals surface area (Å²) < 4.78 is 11.8. The Hall–Kier alpha value is -2.86. The maximum Gasteiger partial charge on any atom is 0.198 e. The number of hydrogen-bond donors (Lipinski definition) is 5. The first-order valence-electron chi connectivity index (χ1n) is 11.7. The minimum atomic E-state index is -1.97. The molecule has 2 aromatic carbocycles. The summed E-state index contributed by atoms with van der Waals surface area (Å²) in [6.45, 7) is 2.80. The molecule has 1 heterocycles. The minimum Gasteiger partial charge on any atom is -1.00 e. The second-order valence-corrected chi connectivity index (χ2v) is 9.80. The monoisotopic (exact) mass is 532 g/mol. The molecule has 2 aliphatic carbocycles. The molecule has 1 saturated heterocycles. The van der Waals surface area contributed by atoms with Gasteiger partial charge in [-0.15, -0.1) is 0 Å². The molecule has 0 radical (unpaired) electrons. The van der Waals surface area contributed by atoms with Crippen LogP contribution in [0.1, 0.15) is 75.8 Å². The number of halogens is 1. The number of carbonyl (C=O) groups is 3. The van der Waals surface area contributed by atoms with Gasteiger partial charge in [0.1, 0.15) is 17.1 Å². The van der Waals surface area contributed by atoms with E-state index >= 15 is 0 Å². The number of fused-ring (bicyclic) bond motifs is 3. The number of nitrogens with two attached hydrogens (primary N) is 1. The zero-order valence-electron chi connectivity index (χ0n) is 20.1. The summed E-state index contributed by atoms with van der Waals surface area (Å²) in [6, 6.07) is 5.40. The van der Waals surface area contributed by atoms with E-state index in [-0.39, 0.29) is 58.6 Å². The Labute approximate surface area is 218 Å². The summed E-state index contributed by atoms with van der Waals surface area (Å²) in [5, 5.41) is 43.8. The summed E-state index contributed by atoms with van der Waals surface area (Å²) in [5.41, 5.74) is 3.38. The average molecular weight is 533 g/mol. The number of benzene rings is 2. The van der Waals surface area contributed by atoms with Gasteiger partial charge in [0.2, 0.25) is 0 Å². The van der Waals surface area contributed by atoms with E-state index in [1.807, 2.05) is 0 Å². The summed E-state index contributed by atoms with van der Waals surface area (Å²) >= 11 is 0. The van der Waals surface area contributed by atoms with Crippen LogP contribution >= 0.6 is 0 Å². The summed E-state index contributed by atoms with van der Waals surface area (Å²) in [6.07, 6.45) is -4.38. The molecule has 0 bridgehead atoms. The van der Waals surface area contributed by atoms with Crippen LogP contribution in [0.25, 0.3) is 0 Å². The van der Waals surface area contributed by atoms with Gasteiger partial charge in [0.05, 0.1) is 29.4 Å². The molecule has 5 rings (SSSR count). The van der Waals surface area contributed by atoms with Crippen molar-refractivity contribution in [2.75, 3.05) is 0 Å². The number of ketones is 3. The van der Waals surface area contributed by atoms with Crippen LogP contribution in [0.3, 0.4) is 0 Å². The van der Waals surface area contributed by atoms with Crippen molar-refractivity contribution in [3.63, 3.8) is 0 Å². The highest BCUT2D eigenvalue weighted by Crippen LogP contribution is 2.51. The van der Waals surface area contributed by atoms with E-state index < -0.39 is 71.5 Å². The molecule has 0 aromatic heterocycles. The van der Waals surface area contributed by atoms with Crippen LogP contribution in [-0.2, 0) is 20.7 Å². The Balaban J connectivity index is 0.00000320. The number of phenolic OH excluding ortho intramolecular Hbond substituents is 2. The number of aliphatic hydroxyl groups excluding tert-OH is 1. The Morgan fingerprint density at radius 1 is 1.11 bits per heavy atom. The highest BCUT2D eigenvalue weighted by molar-refractivity contribution is 6.30. The molecule has 0 amide bonds. The topological polar surface area (TPSA) is 177 Å². The molecular formula is C26H27ClNO9-. The molecule has 0 spiro atoms. The van der Waals surface area contributed by atoms with Crippen molar-refractivity contribution in [1.82, 2.24) is 0 Å². The number of ether oxygens (including phenoxy) is 2. The number of carbonyl (C=O) groups excluding carboxylic acids is 3. The lowest BCUT2D eigenvalue weighted by atomic mass is 9.72. The normalized spacial score (nSPS) is 30.6. The van der Waals surface area contributed by atoms with Crippen molar-refractivity contribution in [3.05, 3.63) is 57.6 Å². The number of rotatable bonds is 3. The van der Waals surface area contributed by atoms with E-state index in [4.69, 9.17) is 15.2 Å². The van der Waals surface area contributed by atoms with Crippen molar-refractivity contribution in [2.45, 2.75) is 69.4 Å². The molecule has 10 nitrogen and oxygen atoms in total. The van der Waals surface area contributed by atoms with Gasteiger partial charge in [-0.3, -0.25) is 14.4 Å². The second-order valence-electron chi connectivity index (χ2n) is 9.80. The number of hydrogen-bond acceptors (Lipinski definition) is 10. The van der Waals surface area contributed by atoms with E-state index in [9.17, 15) is 34.8 Å². The summed E-state index contributed by atoms with van der Waals surface area (Å²) in [4.78, 5) is 39.0. The summed E-state index contributed by atoms with van der Waals surface area (Å²) in [7, 11) is 0. The van der Waals surface area contributed by atoms with E-state index in [2.05, 4.69) is 0 Å². The van der Waals surface area contributed by atoms with Crippen LogP contribution in [0.4, 0.5) is 0 Å². The van der Waals surface area contributed by atoms with Gasteiger partial charge in [-0.2, -0.15) is 0 Å². The molecule has 1 aliphatic heterocycles. The third-order valence-electron chi connectivity index (χ3n) is 7.50. The lowest BCUT2D eigenvalue weighted by Gasteiger charge is -2.42. The predicted octanol–water partition coefficient (Wildman–Crippen LogP) is -1.98. The van der Waals surface area contributed by atoms with Crippen LogP contribution < -0.4 is 18.1 Å². The Kier molecular flexibility index (Phi) is 6.95. The highest BCUT2D eigenvalue weighted by atomic mass is 35.5. The van der Waals surface area contributed by atoms with E-state index in [0.717, 1.165) is 0 Å². The quantitative estimate of drug-likeness (QED) is 0.238. The first kappa shape index (κ1) is 27.2.